The van der Waals surface area contributed by atoms with Gasteiger partial charge in [0.05, 0.1) is 12.3 Å². The van der Waals surface area contributed by atoms with E-state index in [4.69, 9.17) is 28.4 Å². The molecule has 0 bridgehead atoms. The first-order valence-corrected chi connectivity index (χ1v) is 25.4. The molecule has 0 spiro atoms. The van der Waals surface area contributed by atoms with Crippen LogP contribution in [-0.4, -0.2) is 100 Å². The zero-order valence-electron chi connectivity index (χ0n) is 39.2. The van der Waals surface area contributed by atoms with Gasteiger partial charge in [0.2, 0.25) is 0 Å². The Morgan fingerprint density at radius 3 is 2.31 bits per heavy atom. The van der Waals surface area contributed by atoms with E-state index in [1.54, 1.807) is 76.9 Å². The number of nitrogens with one attached hydrogen (secondary N) is 2. The van der Waals surface area contributed by atoms with E-state index in [0.29, 0.717) is 48.6 Å². The number of hydrogen-bond donors (Lipinski definition) is 2. The lowest BCUT2D eigenvalue weighted by atomic mass is 9.97. The molecule has 0 saturated heterocycles. The number of anilines is 2. The molecule has 1 aliphatic heterocycles. The maximum absolute atomic E-state index is 14.5. The fourth-order valence-electron chi connectivity index (χ4n) is 6.72. The van der Waals surface area contributed by atoms with Crippen LogP contribution in [-0.2, 0) is 39.9 Å². The van der Waals surface area contributed by atoms with Gasteiger partial charge in [-0.15, -0.1) is 0 Å². The van der Waals surface area contributed by atoms with Crippen LogP contribution in [0.15, 0.2) is 61.3 Å². The summed E-state index contributed by atoms with van der Waals surface area (Å²) in [5.41, 5.74) is 1.75. The maximum atomic E-state index is 14.5. The van der Waals surface area contributed by atoms with Crippen molar-refractivity contribution in [2.24, 2.45) is 0 Å². The molecule has 0 fully saturated rings. The fraction of sp³-hybridized carbons (Fsp3) is 0.532. The zero-order valence-corrected chi connectivity index (χ0v) is 40.2. The molecule has 3 aromatic rings. The molecule has 1 unspecified atom stereocenters. The topological polar surface area (TPSA) is 184 Å². The summed E-state index contributed by atoms with van der Waals surface area (Å²) >= 11 is 0. The third kappa shape index (κ3) is 16.1. The molecule has 16 nitrogen and oxygen atoms in total. The molecule has 0 aliphatic carbocycles. The van der Waals surface area contributed by atoms with Crippen molar-refractivity contribution in [3.05, 3.63) is 72.4 Å². The number of ether oxygens (including phenoxy) is 6. The second kappa shape index (κ2) is 22.8. The van der Waals surface area contributed by atoms with Crippen LogP contribution in [0.1, 0.15) is 84.8 Å². The van der Waals surface area contributed by atoms with E-state index in [-0.39, 0.29) is 45.4 Å². The van der Waals surface area contributed by atoms with Gasteiger partial charge in [-0.2, -0.15) is 0 Å². The van der Waals surface area contributed by atoms with Crippen molar-refractivity contribution in [1.82, 2.24) is 15.6 Å². The Morgan fingerprint density at radius 1 is 0.969 bits per heavy atom. The molecule has 2 atom stereocenters. The van der Waals surface area contributed by atoms with Gasteiger partial charge >= 0.3 is 24.2 Å². The van der Waals surface area contributed by atoms with Crippen LogP contribution in [0, 0.1) is 0 Å². The highest BCUT2D eigenvalue weighted by molar-refractivity contribution is 6.76. The number of fused-ring (bicyclic) bond motifs is 3. The third-order valence-corrected chi connectivity index (χ3v) is 11.4. The standard InChI is InChI=1S/C47H67N5O11Si/c1-12-24-59-43(55)49-22-14-13-17-37(50-44(56)62-46(3,4)5)42(54)52(31-58-25-26-64(9,10)11)35-20-18-33(19-21-35)29-61-39-27-38-40(36-16-15-23-48-41(36)39)34(30-60-32(2)53)28-51(38)45(57)63-47(6,7)8/h12,15-16,18-21,23,27,34,37H,1,13-14,17,22,24-26,28-31H2,2-11H3,(H,49,55)(H,50,56)/t34?,37-/m0/s1. The monoisotopic (exact) mass is 905 g/mol. The average molecular weight is 906 g/mol. The molecule has 17 heteroatoms. The summed E-state index contributed by atoms with van der Waals surface area (Å²) < 4.78 is 34.3. The summed E-state index contributed by atoms with van der Waals surface area (Å²) in [7, 11) is -1.45. The van der Waals surface area contributed by atoms with Crippen LogP contribution in [0.4, 0.5) is 25.8 Å². The highest BCUT2D eigenvalue weighted by Crippen LogP contribution is 2.45. The molecular weight excluding hydrogens is 839 g/mol. The second-order valence-electron chi connectivity index (χ2n) is 18.9. The Balaban J connectivity index is 1.60. The van der Waals surface area contributed by atoms with E-state index in [1.165, 1.54) is 17.9 Å². The van der Waals surface area contributed by atoms with Gasteiger partial charge in [0.25, 0.3) is 5.91 Å². The Kier molecular flexibility index (Phi) is 18.1. The number of aromatic nitrogens is 1. The first-order chi connectivity index (χ1) is 30.0. The van der Waals surface area contributed by atoms with Crippen molar-refractivity contribution in [2.75, 3.05) is 49.4 Å². The van der Waals surface area contributed by atoms with Crippen molar-refractivity contribution in [3.63, 3.8) is 0 Å². The lowest BCUT2D eigenvalue weighted by molar-refractivity contribution is -0.141. The molecule has 0 radical (unpaired) electrons. The number of benzene rings is 2. The van der Waals surface area contributed by atoms with Gasteiger partial charge in [0.1, 0.15) is 48.5 Å². The number of carbonyl (C=O) groups excluding carboxylic acids is 5. The molecule has 1 aliphatic rings. The number of pyridine rings is 1. The lowest BCUT2D eigenvalue weighted by Gasteiger charge is -2.29. The van der Waals surface area contributed by atoms with E-state index in [0.717, 1.165) is 22.6 Å². The van der Waals surface area contributed by atoms with Crippen LogP contribution >= 0.6 is 0 Å². The highest BCUT2D eigenvalue weighted by Gasteiger charge is 2.38. The van der Waals surface area contributed by atoms with Crippen molar-refractivity contribution >= 4 is 60.5 Å². The van der Waals surface area contributed by atoms with Crippen molar-refractivity contribution in [2.45, 2.75) is 123 Å². The fourth-order valence-corrected chi connectivity index (χ4v) is 7.48. The first-order valence-electron chi connectivity index (χ1n) is 21.7. The number of hydrogen-bond acceptors (Lipinski definition) is 12. The molecule has 4 amide bonds. The maximum Gasteiger partial charge on any atom is 0.414 e. The summed E-state index contributed by atoms with van der Waals surface area (Å²) in [5, 5.41) is 6.21. The number of esters is 1. The van der Waals surface area contributed by atoms with Crippen molar-refractivity contribution in [3.8, 4) is 5.75 Å². The van der Waals surface area contributed by atoms with Gasteiger partial charge in [0.15, 0.2) is 0 Å². The van der Waals surface area contributed by atoms with Gasteiger partial charge in [-0.3, -0.25) is 24.4 Å². The lowest BCUT2D eigenvalue weighted by Crippen LogP contribution is -2.50. The molecule has 2 N–H and O–H groups in total. The minimum absolute atomic E-state index is 0.0538. The predicted molar refractivity (Wildman–Crippen MR) is 248 cm³/mol. The molecule has 2 heterocycles. The molecule has 0 saturated carbocycles. The second-order valence-corrected chi connectivity index (χ2v) is 24.5. The van der Waals surface area contributed by atoms with Gasteiger partial charge in [-0.1, -0.05) is 50.5 Å². The third-order valence-electron chi connectivity index (χ3n) is 9.71. The Bertz CT molecular complexity index is 2090. The normalized spacial score (nSPS) is 14.2. The number of carbonyl (C=O) groups is 5. The Morgan fingerprint density at radius 2 is 1.67 bits per heavy atom. The largest absolute Gasteiger partial charge is 0.487 e. The molecule has 4 rings (SSSR count). The van der Waals surface area contributed by atoms with Crippen molar-refractivity contribution < 1.29 is 52.4 Å². The summed E-state index contributed by atoms with van der Waals surface area (Å²) in [6.07, 6.45) is 2.58. The number of alkyl carbamates (subject to hydrolysis) is 2. The zero-order chi connectivity index (χ0) is 47.2. The van der Waals surface area contributed by atoms with Crippen LogP contribution in [0.3, 0.4) is 0 Å². The smallest absolute Gasteiger partial charge is 0.414 e. The van der Waals surface area contributed by atoms with Crippen LogP contribution in [0.25, 0.3) is 10.9 Å². The van der Waals surface area contributed by atoms with E-state index in [9.17, 15) is 24.0 Å². The average Bonchev–Trinajstić information content (AvgIpc) is 3.58. The van der Waals surface area contributed by atoms with E-state index in [1.807, 2.05) is 18.2 Å². The van der Waals surface area contributed by atoms with E-state index < -0.39 is 55.5 Å². The number of rotatable bonds is 20. The minimum Gasteiger partial charge on any atom is -0.487 e. The molecule has 1 aromatic heterocycles. The van der Waals surface area contributed by atoms with Crippen LogP contribution in [0.5, 0.6) is 5.75 Å². The Hall–Kier alpha value is -5.68. The first kappa shape index (κ1) is 51.0. The van der Waals surface area contributed by atoms with Crippen molar-refractivity contribution in [1.29, 1.82) is 0 Å². The summed E-state index contributed by atoms with van der Waals surface area (Å²) in [4.78, 5) is 72.5. The quantitative estimate of drug-likeness (QED) is 0.0275. The predicted octanol–water partition coefficient (Wildman–Crippen LogP) is 8.84. The number of unbranched alkanes of at least 4 members (excludes halogenated alkanes) is 1. The SMILES string of the molecule is C=CCOC(=O)NCCCC[C@H](NC(=O)OC(C)(C)C)C(=O)N(COCC[Si](C)(C)C)c1ccc(COc2cc3c(c4cccnc24)C(COC(C)=O)CN3C(=O)OC(C)(C)C)cc1. The highest BCUT2D eigenvalue weighted by atomic mass is 28.3. The minimum atomic E-state index is -1.45. The van der Waals surface area contributed by atoms with Gasteiger partial charge in [-0.25, -0.2) is 14.4 Å². The number of nitrogens with zero attached hydrogens (tertiary/aromatic N) is 3. The number of amides is 4. The van der Waals surface area contributed by atoms with Gasteiger partial charge in [-0.05, 0) is 96.2 Å². The van der Waals surface area contributed by atoms with Crippen LogP contribution in [0.2, 0.25) is 25.7 Å². The van der Waals surface area contributed by atoms with E-state index in [2.05, 4.69) is 41.8 Å². The van der Waals surface area contributed by atoms with Gasteiger partial charge < -0.3 is 39.1 Å². The van der Waals surface area contributed by atoms with Gasteiger partial charge in [0, 0.05) is 63.9 Å². The summed E-state index contributed by atoms with van der Waals surface area (Å²) in [6, 6.07) is 12.7. The molecule has 350 valence electrons. The molecule has 2 aromatic carbocycles. The Labute approximate surface area is 378 Å². The molecular formula is C47H67N5O11Si. The van der Waals surface area contributed by atoms with Crippen LogP contribution < -0.4 is 25.2 Å². The molecule has 64 heavy (non-hydrogen) atoms. The summed E-state index contributed by atoms with van der Waals surface area (Å²) in [6.45, 7) is 23.5. The van der Waals surface area contributed by atoms with E-state index >= 15 is 0 Å². The summed E-state index contributed by atoms with van der Waals surface area (Å²) in [5.74, 6) is -0.694.